The van der Waals surface area contributed by atoms with E-state index in [1.807, 2.05) is 24.3 Å². The summed E-state index contributed by atoms with van der Waals surface area (Å²) >= 11 is 0. The van der Waals surface area contributed by atoms with Crippen molar-refractivity contribution in [3.8, 4) is 0 Å². The van der Waals surface area contributed by atoms with E-state index in [1.165, 1.54) is 0 Å². The number of ether oxygens (including phenoxy) is 1. The van der Waals surface area contributed by atoms with Crippen LogP contribution in [0.5, 0.6) is 0 Å². The summed E-state index contributed by atoms with van der Waals surface area (Å²) in [5.41, 5.74) is 0.583. The van der Waals surface area contributed by atoms with Gasteiger partial charge in [0, 0.05) is 5.71 Å². The molecule has 2 aliphatic rings. The van der Waals surface area contributed by atoms with E-state index in [2.05, 4.69) is 15.6 Å². The maximum Gasteiger partial charge on any atom is 0.341 e. The SMILES string of the molecule is CCOC(=O)C12[N-]c3ccccc3C1NC(=O)N=C2C. The highest BCUT2D eigenvalue weighted by Crippen LogP contribution is 2.52. The number of hydrogen-bond donors (Lipinski definition) is 1. The van der Waals surface area contributed by atoms with Gasteiger partial charge in [0.1, 0.15) is 0 Å². The van der Waals surface area contributed by atoms with Gasteiger partial charge in [-0.15, -0.1) is 5.69 Å². The summed E-state index contributed by atoms with van der Waals surface area (Å²) < 4.78 is 5.16. The van der Waals surface area contributed by atoms with Crippen molar-refractivity contribution < 1.29 is 14.3 Å². The van der Waals surface area contributed by atoms with E-state index in [0.29, 0.717) is 11.4 Å². The second kappa shape index (κ2) is 4.33. The molecule has 0 aliphatic carbocycles. The Labute approximate surface area is 116 Å². The summed E-state index contributed by atoms with van der Waals surface area (Å²) in [6.07, 6.45) is 0. The number of rotatable bonds is 2. The maximum absolute atomic E-state index is 12.4. The molecule has 1 N–H and O–H groups in total. The zero-order valence-electron chi connectivity index (χ0n) is 11.2. The molecule has 1 aromatic carbocycles. The maximum atomic E-state index is 12.4. The van der Waals surface area contributed by atoms with Crippen molar-refractivity contribution >= 4 is 23.4 Å². The molecule has 0 saturated carbocycles. The Morgan fingerprint density at radius 1 is 1.50 bits per heavy atom. The fourth-order valence-corrected chi connectivity index (χ4v) is 2.73. The summed E-state index contributed by atoms with van der Waals surface area (Å²) in [7, 11) is 0. The number of nitrogens with one attached hydrogen (secondary N) is 1. The minimum atomic E-state index is -1.27. The summed E-state index contributed by atoms with van der Waals surface area (Å²) in [6.45, 7) is 3.62. The molecule has 104 valence electrons. The number of carbonyl (C=O) groups is 2. The first kappa shape index (κ1) is 12.7. The van der Waals surface area contributed by atoms with Crippen LogP contribution in [-0.2, 0) is 9.53 Å². The monoisotopic (exact) mass is 272 g/mol. The third-order valence-electron chi connectivity index (χ3n) is 3.64. The van der Waals surface area contributed by atoms with Gasteiger partial charge in [-0.25, -0.2) is 9.79 Å². The molecule has 6 nitrogen and oxygen atoms in total. The minimum absolute atomic E-state index is 0.250. The molecule has 2 unspecified atom stereocenters. The molecule has 0 saturated heterocycles. The molecule has 0 radical (unpaired) electrons. The lowest BCUT2D eigenvalue weighted by atomic mass is 9.84. The standard InChI is InChI=1S/C14H14N3O3/c1-3-20-12(18)14-8(2)15-13(19)16-11(14)9-6-4-5-7-10(9)17-14/h4-7,11H,3H2,1-2H3,(H,16,19)/q-1. The Hall–Kier alpha value is -2.37. The molecule has 0 spiro atoms. The number of carbonyl (C=O) groups excluding carboxylic acids is 2. The van der Waals surface area contributed by atoms with Crippen molar-refractivity contribution in [2.24, 2.45) is 4.99 Å². The number of para-hydroxylation sites is 1. The van der Waals surface area contributed by atoms with Crippen LogP contribution >= 0.6 is 0 Å². The molecule has 0 fully saturated rings. The quantitative estimate of drug-likeness (QED) is 0.838. The number of nitrogens with zero attached hydrogens (tertiary/aromatic N) is 2. The fraction of sp³-hybridized carbons (Fsp3) is 0.357. The van der Waals surface area contributed by atoms with Crippen LogP contribution in [0.15, 0.2) is 29.3 Å². The van der Waals surface area contributed by atoms with Crippen molar-refractivity contribution in [1.82, 2.24) is 5.32 Å². The first-order valence-electron chi connectivity index (χ1n) is 6.45. The molecule has 3 rings (SSSR count). The van der Waals surface area contributed by atoms with Gasteiger partial charge < -0.3 is 15.4 Å². The van der Waals surface area contributed by atoms with Crippen molar-refractivity contribution in [3.05, 3.63) is 35.1 Å². The second-order valence-electron chi connectivity index (χ2n) is 4.74. The van der Waals surface area contributed by atoms with Gasteiger partial charge in [0.15, 0.2) is 0 Å². The van der Waals surface area contributed by atoms with Crippen LogP contribution in [0.25, 0.3) is 5.32 Å². The van der Waals surface area contributed by atoms with Crippen LogP contribution in [0.4, 0.5) is 10.5 Å². The van der Waals surface area contributed by atoms with Crippen molar-refractivity contribution in [3.63, 3.8) is 0 Å². The molecule has 0 aromatic heterocycles. The lowest BCUT2D eigenvalue weighted by Crippen LogP contribution is -2.56. The largest absolute Gasteiger partial charge is 0.663 e. The van der Waals surface area contributed by atoms with Crippen LogP contribution in [0.2, 0.25) is 0 Å². The van der Waals surface area contributed by atoms with Gasteiger partial charge in [-0.05, 0) is 19.4 Å². The van der Waals surface area contributed by atoms with Gasteiger partial charge in [0.25, 0.3) is 0 Å². The van der Waals surface area contributed by atoms with Gasteiger partial charge in [0.05, 0.1) is 18.2 Å². The lowest BCUT2D eigenvalue weighted by molar-refractivity contribution is -0.146. The van der Waals surface area contributed by atoms with E-state index in [1.54, 1.807) is 13.8 Å². The summed E-state index contributed by atoms with van der Waals surface area (Å²) in [4.78, 5) is 28.0. The number of aliphatic imine (C=N–C) groups is 1. The Balaban J connectivity index is 2.16. The van der Waals surface area contributed by atoms with Gasteiger partial charge >= 0.3 is 12.0 Å². The zero-order chi connectivity index (χ0) is 14.3. The van der Waals surface area contributed by atoms with E-state index in [4.69, 9.17) is 4.74 Å². The average Bonchev–Trinajstić information content (AvgIpc) is 2.75. The smallest absolute Gasteiger partial charge is 0.341 e. The predicted molar refractivity (Wildman–Crippen MR) is 73.2 cm³/mol. The third kappa shape index (κ3) is 1.54. The second-order valence-corrected chi connectivity index (χ2v) is 4.74. The number of hydrogen-bond acceptors (Lipinski definition) is 3. The van der Waals surface area contributed by atoms with Gasteiger partial charge in [-0.1, -0.05) is 24.3 Å². The number of amides is 2. The topological polar surface area (TPSA) is 81.9 Å². The highest BCUT2D eigenvalue weighted by molar-refractivity contribution is 6.20. The van der Waals surface area contributed by atoms with E-state index in [9.17, 15) is 9.59 Å². The van der Waals surface area contributed by atoms with Crippen LogP contribution < -0.4 is 5.32 Å². The van der Waals surface area contributed by atoms with Gasteiger partial charge in [-0.2, -0.15) is 0 Å². The third-order valence-corrected chi connectivity index (χ3v) is 3.64. The average molecular weight is 272 g/mol. The van der Waals surface area contributed by atoms with E-state index in [0.717, 1.165) is 5.56 Å². The highest BCUT2D eigenvalue weighted by Gasteiger charge is 2.49. The molecule has 0 bridgehead atoms. The fourth-order valence-electron chi connectivity index (χ4n) is 2.73. The van der Waals surface area contributed by atoms with Crippen LogP contribution in [-0.4, -0.2) is 29.9 Å². The number of fused-ring (bicyclic) bond motifs is 3. The Bertz CT molecular complexity index is 626. The van der Waals surface area contributed by atoms with Gasteiger partial charge in [0.2, 0.25) is 0 Å². The molecule has 6 heteroatoms. The minimum Gasteiger partial charge on any atom is -0.663 e. The molecule has 1 aromatic rings. The molecular formula is C14H14N3O3-. The van der Waals surface area contributed by atoms with Crippen LogP contribution in [0.1, 0.15) is 25.5 Å². The first-order chi connectivity index (χ1) is 9.59. The zero-order valence-corrected chi connectivity index (χ0v) is 11.2. The number of urea groups is 1. The summed E-state index contributed by atoms with van der Waals surface area (Å²) in [6, 6.07) is 6.34. The van der Waals surface area contributed by atoms with Crippen molar-refractivity contribution in [2.45, 2.75) is 25.4 Å². The molecular weight excluding hydrogens is 258 g/mol. The first-order valence-corrected chi connectivity index (χ1v) is 6.45. The predicted octanol–water partition coefficient (Wildman–Crippen LogP) is 2.23. The molecule has 2 aliphatic heterocycles. The molecule has 2 atom stereocenters. The summed E-state index contributed by atoms with van der Waals surface area (Å²) in [5.74, 6) is -0.484. The van der Waals surface area contributed by atoms with Crippen LogP contribution in [0, 0.1) is 0 Å². The number of benzene rings is 1. The normalized spacial score (nSPS) is 26.8. The molecule has 2 heterocycles. The molecule has 2 amide bonds. The molecule has 20 heavy (non-hydrogen) atoms. The highest BCUT2D eigenvalue weighted by atomic mass is 16.5. The Morgan fingerprint density at radius 3 is 3.00 bits per heavy atom. The van der Waals surface area contributed by atoms with Crippen molar-refractivity contribution in [2.75, 3.05) is 6.61 Å². The number of esters is 1. The Morgan fingerprint density at radius 2 is 2.25 bits per heavy atom. The van der Waals surface area contributed by atoms with E-state index in [-0.39, 0.29) is 6.61 Å². The van der Waals surface area contributed by atoms with Crippen LogP contribution in [0.3, 0.4) is 0 Å². The Kier molecular flexibility index (Phi) is 2.74. The van der Waals surface area contributed by atoms with E-state index >= 15 is 0 Å². The lowest BCUT2D eigenvalue weighted by Gasteiger charge is -2.45. The van der Waals surface area contributed by atoms with Gasteiger partial charge in [-0.3, -0.25) is 4.79 Å². The summed E-state index contributed by atoms with van der Waals surface area (Å²) in [5, 5.41) is 7.24. The van der Waals surface area contributed by atoms with E-state index < -0.39 is 23.6 Å². The van der Waals surface area contributed by atoms with Crippen molar-refractivity contribution in [1.29, 1.82) is 0 Å².